The van der Waals surface area contributed by atoms with Gasteiger partial charge in [-0.25, -0.2) is 8.42 Å². The Morgan fingerprint density at radius 3 is 2.74 bits per heavy atom. The molecule has 2 atom stereocenters. The fourth-order valence-electron chi connectivity index (χ4n) is 2.92. The molecule has 0 bridgehead atoms. The number of benzene rings is 1. The van der Waals surface area contributed by atoms with Crippen LogP contribution in [0.3, 0.4) is 0 Å². The summed E-state index contributed by atoms with van der Waals surface area (Å²) in [5.41, 5.74) is 1.70. The zero-order valence-corrected chi connectivity index (χ0v) is 15.2. The Morgan fingerprint density at radius 1 is 1.48 bits per heavy atom. The summed E-state index contributed by atoms with van der Waals surface area (Å²) in [6.07, 6.45) is 0.519. The van der Waals surface area contributed by atoms with Gasteiger partial charge in [0.05, 0.1) is 11.5 Å². The van der Waals surface area contributed by atoms with E-state index in [1.54, 1.807) is 17.9 Å². The number of nitrogens with zero attached hydrogens (tertiary/aromatic N) is 1. The molecule has 0 aromatic heterocycles. The van der Waals surface area contributed by atoms with Crippen LogP contribution in [-0.2, 0) is 14.6 Å². The summed E-state index contributed by atoms with van der Waals surface area (Å²) in [7, 11) is -3.01. The first-order valence-corrected chi connectivity index (χ1v) is 9.97. The van der Waals surface area contributed by atoms with Gasteiger partial charge in [0.15, 0.2) is 9.84 Å². The lowest BCUT2D eigenvalue weighted by atomic mass is 10.1. The molecule has 1 aromatic carbocycles. The first kappa shape index (κ1) is 18.1. The molecule has 0 aliphatic carbocycles. The first-order chi connectivity index (χ1) is 10.7. The monoisotopic (exact) mass is 358 g/mol. The van der Waals surface area contributed by atoms with Crippen LogP contribution in [0.2, 0.25) is 5.02 Å². The van der Waals surface area contributed by atoms with Crippen molar-refractivity contribution in [3.8, 4) is 0 Å². The van der Waals surface area contributed by atoms with E-state index >= 15 is 0 Å². The van der Waals surface area contributed by atoms with Crippen LogP contribution in [0.15, 0.2) is 18.2 Å². The molecule has 7 heteroatoms. The van der Waals surface area contributed by atoms with Crippen molar-refractivity contribution in [3.63, 3.8) is 0 Å². The number of carbonyl (C=O) groups excluding carboxylic acids is 1. The average molecular weight is 359 g/mol. The second-order valence-corrected chi connectivity index (χ2v) is 8.60. The fraction of sp³-hybridized carbons (Fsp3) is 0.562. The molecule has 1 fully saturated rings. The van der Waals surface area contributed by atoms with Crippen molar-refractivity contribution in [1.82, 2.24) is 4.90 Å². The molecule has 1 aliphatic heterocycles. The van der Waals surface area contributed by atoms with Crippen molar-refractivity contribution < 1.29 is 13.2 Å². The summed E-state index contributed by atoms with van der Waals surface area (Å²) < 4.78 is 23.3. The Balaban J connectivity index is 2.10. The van der Waals surface area contributed by atoms with Gasteiger partial charge >= 0.3 is 0 Å². The normalized spacial score (nSPS) is 21.0. The van der Waals surface area contributed by atoms with Gasteiger partial charge < -0.3 is 10.2 Å². The molecule has 1 N–H and O–H groups in total. The second-order valence-electron chi connectivity index (χ2n) is 5.96. The molecule has 0 radical (unpaired) electrons. The lowest BCUT2D eigenvalue weighted by Crippen LogP contribution is -2.47. The molecule has 0 spiro atoms. The number of sulfone groups is 1. The maximum Gasteiger partial charge on any atom is 0.245 e. The van der Waals surface area contributed by atoms with Crippen LogP contribution in [0.4, 0.5) is 5.69 Å². The van der Waals surface area contributed by atoms with Gasteiger partial charge in [0.1, 0.15) is 6.04 Å². The molecule has 1 heterocycles. The van der Waals surface area contributed by atoms with Gasteiger partial charge in [-0.05, 0) is 44.9 Å². The molecule has 1 aromatic rings. The molecule has 1 aliphatic rings. The minimum Gasteiger partial charge on any atom is -0.374 e. The molecule has 0 saturated carbocycles. The number of likely N-dealkylation sites (N-methyl/N-ethyl adjacent to an activating group) is 1. The van der Waals surface area contributed by atoms with Crippen molar-refractivity contribution in [2.75, 3.05) is 23.4 Å². The van der Waals surface area contributed by atoms with Gasteiger partial charge in [0, 0.05) is 23.3 Å². The predicted molar refractivity (Wildman–Crippen MR) is 93.7 cm³/mol. The molecular formula is C16H23ClN2O3S. The van der Waals surface area contributed by atoms with Crippen molar-refractivity contribution >= 4 is 33.0 Å². The predicted octanol–water partition coefficient (Wildman–Crippen LogP) is 2.48. The second kappa shape index (κ2) is 7.09. The molecule has 2 rings (SSSR count). The first-order valence-electron chi connectivity index (χ1n) is 7.77. The summed E-state index contributed by atoms with van der Waals surface area (Å²) in [6.45, 7) is 6.05. The molecule has 23 heavy (non-hydrogen) atoms. The Kier molecular flexibility index (Phi) is 5.57. The minimum absolute atomic E-state index is 0.0650. The van der Waals surface area contributed by atoms with Gasteiger partial charge in [-0.1, -0.05) is 17.7 Å². The van der Waals surface area contributed by atoms with E-state index in [1.807, 2.05) is 26.0 Å². The number of nitrogens with one attached hydrogen (secondary N) is 1. The van der Waals surface area contributed by atoms with E-state index in [-0.39, 0.29) is 23.5 Å². The van der Waals surface area contributed by atoms with Gasteiger partial charge in [-0.3, -0.25) is 4.79 Å². The van der Waals surface area contributed by atoms with E-state index in [1.165, 1.54) is 0 Å². The lowest BCUT2D eigenvalue weighted by molar-refractivity contribution is -0.133. The number of hydrogen-bond donors (Lipinski definition) is 1. The Morgan fingerprint density at radius 2 is 2.17 bits per heavy atom. The maximum atomic E-state index is 12.7. The molecular weight excluding hydrogens is 336 g/mol. The van der Waals surface area contributed by atoms with E-state index in [0.717, 1.165) is 11.3 Å². The zero-order chi connectivity index (χ0) is 17.2. The SMILES string of the molecule is CCN(C(=O)[C@@H](C)Nc1cccc(Cl)c1C)[C@H]1CCS(=O)(=O)C1. The van der Waals surface area contributed by atoms with E-state index in [2.05, 4.69) is 5.32 Å². The molecule has 1 amide bonds. The fourth-order valence-corrected chi connectivity index (χ4v) is 4.83. The van der Waals surface area contributed by atoms with Crippen LogP contribution >= 0.6 is 11.6 Å². The maximum absolute atomic E-state index is 12.7. The van der Waals surface area contributed by atoms with Crippen LogP contribution in [0, 0.1) is 6.92 Å². The number of carbonyl (C=O) groups is 1. The topological polar surface area (TPSA) is 66.5 Å². The highest BCUT2D eigenvalue weighted by Gasteiger charge is 2.35. The molecule has 128 valence electrons. The summed E-state index contributed by atoms with van der Waals surface area (Å²) in [5, 5.41) is 3.83. The minimum atomic E-state index is -3.01. The van der Waals surface area contributed by atoms with E-state index in [4.69, 9.17) is 11.6 Å². The standard InChI is InChI=1S/C16H23ClN2O3S/c1-4-19(13-8-9-23(21,22)10-13)16(20)12(3)18-15-7-5-6-14(17)11(15)2/h5-7,12-13,18H,4,8-10H2,1-3H3/t12-,13+/m1/s1. The van der Waals surface area contributed by atoms with Crippen LogP contribution in [0.25, 0.3) is 0 Å². The number of rotatable bonds is 5. The van der Waals surface area contributed by atoms with E-state index < -0.39 is 15.9 Å². The summed E-state index contributed by atoms with van der Waals surface area (Å²) in [5.74, 6) is 0.139. The van der Waals surface area contributed by atoms with Gasteiger partial charge in [-0.2, -0.15) is 0 Å². The number of halogens is 1. The van der Waals surface area contributed by atoms with E-state index in [0.29, 0.717) is 18.0 Å². The third-order valence-electron chi connectivity index (χ3n) is 4.28. The average Bonchev–Trinajstić information content (AvgIpc) is 2.84. The number of anilines is 1. The Hall–Kier alpha value is -1.27. The lowest BCUT2D eigenvalue weighted by Gasteiger charge is -2.30. The third-order valence-corrected chi connectivity index (χ3v) is 6.44. The number of amides is 1. The van der Waals surface area contributed by atoms with Crippen molar-refractivity contribution in [3.05, 3.63) is 28.8 Å². The summed E-state index contributed by atoms with van der Waals surface area (Å²) in [6, 6.07) is 4.84. The molecule has 1 saturated heterocycles. The van der Waals surface area contributed by atoms with Gasteiger partial charge in [0.2, 0.25) is 5.91 Å². The zero-order valence-electron chi connectivity index (χ0n) is 13.7. The van der Waals surface area contributed by atoms with Gasteiger partial charge in [0.25, 0.3) is 0 Å². The largest absolute Gasteiger partial charge is 0.374 e. The van der Waals surface area contributed by atoms with Crippen LogP contribution in [0.5, 0.6) is 0 Å². The van der Waals surface area contributed by atoms with Crippen LogP contribution in [-0.4, -0.2) is 49.4 Å². The Labute approximate surface area is 142 Å². The van der Waals surface area contributed by atoms with Crippen molar-refractivity contribution in [1.29, 1.82) is 0 Å². The highest BCUT2D eigenvalue weighted by atomic mass is 35.5. The summed E-state index contributed by atoms with van der Waals surface area (Å²) in [4.78, 5) is 14.4. The Bertz CT molecular complexity index is 691. The van der Waals surface area contributed by atoms with Crippen LogP contribution in [0.1, 0.15) is 25.8 Å². The van der Waals surface area contributed by atoms with Crippen molar-refractivity contribution in [2.45, 2.75) is 39.3 Å². The molecule has 0 unspecified atom stereocenters. The van der Waals surface area contributed by atoms with Gasteiger partial charge in [-0.15, -0.1) is 0 Å². The number of hydrogen-bond acceptors (Lipinski definition) is 4. The van der Waals surface area contributed by atoms with Crippen LogP contribution < -0.4 is 5.32 Å². The third kappa shape index (κ3) is 4.18. The quantitative estimate of drug-likeness (QED) is 0.878. The van der Waals surface area contributed by atoms with E-state index in [9.17, 15) is 13.2 Å². The smallest absolute Gasteiger partial charge is 0.245 e. The highest BCUT2D eigenvalue weighted by molar-refractivity contribution is 7.91. The van der Waals surface area contributed by atoms with Crippen molar-refractivity contribution in [2.24, 2.45) is 0 Å². The highest BCUT2D eigenvalue weighted by Crippen LogP contribution is 2.24. The molecule has 5 nitrogen and oxygen atoms in total. The summed E-state index contributed by atoms with van der Waals surface area (Å²) >= 11 is 6.10.